The highest BCUT2D eigenvalue weighted by Crippen LogP contribution is 2.42. The molecule has 36 heavy (non-hydrogen) atoms. The third-order valence-corrected chi connectivity index (χ3v) is 7.59. The second-order valence-electron chi connectivity index (χ2n) is 6.94. The van der Waals surface area contributed by atoms with Crippen molar-refractivity contribution in [3.05, 3.63) is 58.6 Å². The molecule has 3 aromatic rings. The standard InChI is InChI=1S/C18H15N3O12S3/c22-18-13-4-2-1-3-11(13)9-16(35(27,28)29)17(18)20-19-14-6-5-12(10-15(14)21(23)24)34(25,26)8-7-33-36(30,31)32/h1-6,9-10,22H,7-8H2,(H,27,28,29)(H,30,31,32). The van der Waals surface area contributed by atoms with E-state index in [2.05, 4.69) is 14.4 Å². The van der Waals surface area contributed by atoms with Crippen molar-refractivity contribution in [2.24, 2.45) is 10.2 Å². The van der Waals surface area contributed by atoms with Crippen LogP contribution < -0.4 is 0 Å². The van der Waals surface area contributed by atoms with Crippen LogP contribution in [0.5, 0.6) is 5.75 Å². The van der Waals surface area contributed by atoms with Gasteiger partial charge in [-0.05, 0) is 23.6 Å². The summed E-state index contributed by atoms with van der Waals surface area (Å²) in [5.41, 5.74) is -2.14. The fraction of sp³-hybridized carbons (Fsp3) is 0.111. The predicted molar refractivity (Wildman–Crippen MR) is 122 cm³/mol. The number of hydrogen-bond donors (Lipinski definition) is 3. The fourth-order valence-electron chi connectivity index (χ4n) is 2.98. The lowest BCUT2D eigenvalue weighted by atomic mass is 10.1. The molecule has 0 atom stereocenters. The van der Waals surface area contributed by atoms with Crippen LogP contribution in [0.1, 0.15) is 0 Å². The zero-order valence-electron chi connectivity index (χ0n) is 17.6. The molecule has 0 spiro atoms. The van der Waals surface area contributed by atoms with Gasteiger partial charge in [0.05, 0.1) is 22.2 Å². The molecule has 0 aromatic heterocycles. The van der Waals surface area contributed by atoms with Crippen molar-refractivity contribution in [3.8, 4) is 5.75 Å². The normalized spacial score (nSPS) is 12.8. The predicted octanol–water partition coefficient (Wildman–Crippen LogP) is 2.71. The monoisotopic (exact) mass is 561 g/mol. The molecule has 0 fully saturated rings. The van der Waals surface area contributed by atoms with E-state index in [0.29, 0.717) is 6.07 Å². The molecule has 15 nitrogen and oxygen atoms in total. The largest absolute Gasteiger partial charge is 0.505 e. The Hall–Kier alpha value is -3.55. The second-order valence-corrected chi connectivity index (χ2v) is 11.5. The number of fused-ring (bicyclic) bond motifs is 1. The van der Waals surface area contributed by atoms with Crippen LogP contribution in [0.4, 0.5) is 17.1 Å². The first kappa shape index (κ1) is 27.0. The SMILES string of the molecule is O=[N+]([O-])c1cc(S(=O)(=O)CCOS(=O)(=O)O)ccc1N=Nc1c(S(=O)(=O)O)cc2ccccc2c1O. The van der Waals surface area contributed by atoms with Crippen LogP contribution in [0.25, 0.3) is 10.8 Å². The van der Waals surface area contributed by atoms with Crippen molar-refractivity contribution >= 4 is 58.2 Å². The molecule has 0 radical (unpaired) electrons. The van der Waals surface area contributed by atoms with Gasteiger partial charge in [0.25, 0.3) is 15.8 Å². The molecule has 0 saturated carbocycles. The Morgan fingerprint density at radius 2 is 1.61 bits per heavy atom. The number of nitrogens with zero attached hydrogens (tertiary/aromatic N) is 3. The van der Waals surface area contributed by atoms with E-state index < -0.39 is 80.2 Å². The summed E-state index contributed by atoms with van der Waals surface area (Å²) in [6, 6.07) is 9.31. The molecule has 0 aliphatic rings. The molecule has 0 bridgehead atoms. The van der Waals surface area contributed by atoms with Crippen LogP contribution in [0.3, 0.4) is 0 Å². The molecule has 0 unspecified atom stereocenters. The molecule has 3 N–H and O–H groups in total. The Kier molecular flexibility index (Phi) is 7.39. The van der Waals surface area contributed by atoms with Gasteiger partial charge in [-0.1, -0.05) is 24.3 Å². The maximum atomic E-state index is 12.3. The number of nitro benzene ring substituents is 1. The lowest BCUT2D eigenvalue weighted by Gasteiger charge is -2.08. The minimum absolute atomic E-state index is 0.141. The number of azo groups is 1. The lowest BCUT2D eigenvalue weighted by molar-refractivity contribution is -0.384. The van der Waals surface area contributed by atoms with Gasteiger partial charge in [0.2, 0.25) is 0 Å². The average Bonchev–Trinajstić information content (AvgIpc) is 2.76. The summed E-state index contributed by atoms with van der Waals surface area (Å²) >= 11 is 0. The molecule has 18 heteroatoms. The minimum Gasteiger partial charge on any atom is -0.505 e. The summed E-state index contributed by atoms with van der Waals surface area (Å²) in [4.78, 5) is 9.06. The maximum Gasteiger partial charge on any atom is 0.397 e. The van der Waals surface area contributed by atoms with Crippen molar-refractivity contribution < 1.29 is 48.6 Å². The molecule has 192 valence electrons. The van der Waals surface area contributed by atoms with E-state index in [1.165, 1.54) is 18.2 Å². The number of phenolic OH excluding ortho intramolecular Hbond substituents is 1. The molecule has 0 aliphatic heterocycles. The van der Waals surface area contributed by atoms with Gasteiger partial charge < -0.3 is 5.11 Å². The first-order chi connectivity index (χ1) is 16.6. The number of benzene rings is 3. The van der Waals surface area contributed by atoms with E-state index in [0.717, 1.165) is 18.2 Å². The number of rotatable bonds is 9. The van der Waals surface area contributed by atoms with Crippen LogP contribution in [0.2, 0.25) is 0 Å². The Balaban J connectivity index is 2.07. The van der Waals surface area contributed by atoms with Crippen molar-refractivity contribution in [2.75, 3.05) is 12.4 Å². The first-order valence-corrected chi connectivity index (χ1v) is 13.8. The average molecular weight is 562 g/mol. The second kappa shape index (κ2) is 9.84. The van der Waals surface area contributed by atoms with E-state index in [1.807, 2.05) is 0 Å². The van der Waals surface area contributed by atoms with Gasteiger partial charge in [-0.3, -0.25) is 19.2 Å². The number of sulfone groups is 1. The summed E-state index contributed by atoms with van der Waals surface area (Å²) < 4.78 is 91.5. The van der Waals surface area contributed by atoms with Gasteiger partial charge in [-0.25, -0.2) is 12.6 Å². The molecule has 0 amide bonds. The summed E-state index contributed by atoms with van der Waals surface area (Å²) in [5.74, 6) is -1.64. The van der Waals surface area contributed by atoms with E-state index in [9.17, 15) is 45.0 Å². The smallest absolute Gasteiger partial charge is 0.397 e. The quantitative estimate of drug-likeness (QED) is 0.148. The molecule has 3 aromatic carbocycles. The van der Waals surface area contributed by atoms with E-state index in [4.69, 9.17) is 4.55 Å². The Labute approximate surface area is 203 Å². The van der Waals surface area contributed by atoms with Crippen molar-refractivity contribution in [1.82, 2.24) is 0 Å². The van der Waals surface area contributed by atoms with Crippen LogP contribution in [-0.4, -0.2) is 56.7 Å². The van der Waals surface area contributed by atoms with Crippen LogP contribution in [0, 0.1) is 10.1 Å². The third-order valence-electron chi connectivity index (χ3n) is 4.58. The minimum atomic E-state index is -4.92. The van der Waals surface area contributed by atoms with E-state index >= 15 is 0 Å². The van der Waals surface area contributed by atoms with Crippen LogP contribution in [0.15, 0.2) is 68.6 Å². The number of phenols is 1. The highest BCUT2D eigenvalue weighted by Gasteiger charge is 2.24. The number of nitro groups is 1. The molecule has 0 heterocycles. The number of aromatic hydroxyl groups is 1. The topological polar surface area (TPSA) is 240 Å². The van der Waals surface area contributed by atoms with Crippen molar-refractivity contribution in [3.63, 3.8) is 0 Å². The van der Waals surface area contributed by atoms with Crippen LogP contribution in [-0.2, 0) is 34.5 Å². The lowest BCUT2D eigenvalue weighted by Crippen LogP contribution is -2.15. The number of hydrogen-bond acceptors (Lipinski definition) is 12. The Morgan fingerprint density at radius 1 is 0.944 bits per heavy atom. The van der Waals surface area contributed by atoms with Crippen LogP contribution >= 0.6 is 0 Å². The summed E-state index contributed by atoms with van der Waals surface area (Å²) in [6.45, 7) is -0.962. The van der Waals surface area contributed by atoms with Crippen molar-refractivity contribution in [1.29, 1.82) is 0 Å². The van der Waals surface area contributed by atoms with Gasteiger partial charge in [0.15, 0.2) is 21.3 Å². The van der Waals surface area contributed by atoms with Crippen molar-refractivity contribution in [2.45, 2.75) is 9.79 Å². The maximum absolute atomic E-state index is 12.3. The van der Waals surface area contributed by atoms with Gasteiger partial charge >= 0.3 is 10.4 Å². The molecule has 0 saturated heterocycles. The summed E-state index contributed by atoms with van der Waals surface area (Å²) in [5, 5.41) is 29.6. The summed E-state index contributed by atoms with van der Waals surface area (Å²) in [7, 11) is -14.1. The first-order valence-electron chi connectivity index (χ1n) is 9.37. The van der Waals surface area contributed by atoms with Gasteiger partial charge in [-0.2, -0.15) is 16.8 Å². The zero-order valence-corrected chi connectivity index (χ0v) is 20.1. The highest BCUT2D eigenvalue weighted by molar-refractivity contribution is 7.91. The Morgan fingerprint density at radius 3 is 2.22 bits per heavy atom. The third kappa shape index (κ3) is 6.17. The molecule has 3 rings (SSSR count). The zero-order chi connectivity index (χ0) is 26.9. The fourth-order valence-corrected chi connectivity index (χ4v) is 5.15. The highest BCUT2D eigenvalue weighted by atomic mass is 32.3. The summed E-state index contributed by atoms with van der Waals surface area (Å²) in [6.07, 6.45) is 0. The molecular weight excluding hydrogens is 546 g/mol. The molecular formula is C18H15N3O12S3. The Bertz CT molecular complexity index is 1720. The van der Waals surface area contributed by atoms with Gasteiger partial charge in [-0.15, -0.1) is 10.2 Å². The molecule has 0 aliphatic carbocycles. The van der Waals surface area contributed by atoms with Gasteiger partial charge in [0, 0.05) is 11.5 Å². The van der Waals surface area contributed by atoms with E-state index in [1.54, 1.807) is 6.07 Å². The van der Waals surface area contributed by atoms with E-state index in [-0.39, 0.29) is 10.8 Å². The van der Waals surface area contributed by atoms with Gasteiger partial charge in [0.1, 0.15) is 10.6 Å².